The molecule has 138 valence electrons. The summed E-state index contributed by atoms with van der Waals surface area (Å²) in [4.78, 5) is 32.3. The lowest BCUT2D eigenvalue weighted by molar-refractivity contribution is 0.0949. The second-order valence-corrected chi connectivity index (χ2v) is 6.23. The van der Waals surface area contributed by atoms with Crippen LogP contribution in [-0.2, 0) is 13.0 Å². The first kappa shape index (κ1) is 17.1. The van der Waals surface area contributed by atoms with Gasteiger partial charge >= 0.3 is 0 Å². The Morgan fingerprint density at radius 1 is 1.33 bits per heavy atom. The minimum absolute atomic E-state index is 0.0149. The molecule has 3 heterocycles. The van der Waals surface area contributed by atoms with E-state index in [1.54, 1.807) is 12.1 Å². The summed E-state index contributed by atoms with van der Waals surface area (Å²) >= 11 is 0. The first-order valence-corrected chi connectivity index (χ1v) is 8.83. The molecule has 7 nitrogen and oxygen atoms in total. The molecule has 0 atom stereocenters. The van der Waals surface area contributed by atoms with Crippen LogP contribution in [0.3, 0.4) is 0 Å². The molecule has 1 amide bonds. The maximum absolute atomic E-state index is 12.7. The molecule has 0 fully saturated rings. The maximum atomic E-state index is 12.7. The van der Waals surface area contributed by atoms with Crippen molar-refractivity contribution in [2.24, 2.45) is 0 Å². The number of ether oxygens (including phenoxy) is 2. The van der Waals surface area contributed by atoms with E-state index in [9.17, 15) is 9.59 Å². The van der Waals surface area contributed by atoms with E-state index in [1.807, 2.05) is 25.1 Å². The highest BCUT2D eigenvalue weighted by Gasteiger charge is 2.16. The van der Waals surface area contributed by atoms with Gasteiger partial charge in [0.05, 0.1) is 18.7 Å². The first-order chi connectivity index (χ1) is 13.2. The van der Waals surface area contributed by atoms with Crippen LogP contribution in [0.15, 0.2) is 41.3 Å². The van der Waals surface area contributed by atoms with E-state index < -0.39 is 11.3 Å². The molecular weight excluding hydrogens is 346 g/mol. The molecule has 2 N–H and O–H groups in total. The molecule has 3 aromatic rings. The average Bonchev–Trinajstić information content (AvgIpc) is 3.15. The van der Waals surface area contributed by atoms with Crippen LogP contribution in [0.5, 0.6) is 11.6 Å². The maximum Gasteiger partial charge on any atom is 0.257 e. The van der Waals surface area contributed by atoms with Crippen LogP contribution >= 0.6 is 0 Å². The number of nitrogens with one attached hydrogen (secondary N) is 2. The number of carbonyl (C=O) groups excluding carboxylic acids is 1. The third-order valence-corrected chi connectivity index (χ3v) is 4.45. The summed E-state index contributed by atoms with van der Waals surface area (Å²) in [5.74, 6) is 0.757. The zero-order valence-corrected chi connectivity index (χ0v) is 14.9. The number of amides is 1. The van der Waals surface area contributed by atoms with Gasteiger partial charge in [-0.15, -0.1) is 0 Å². The second-order valence-electron chi connectivity index (χ2n) is 6.23. The van der Waals surface area contributed by atoms with Crippen molar-refractivity contribution >= 4 is 16.9 Å². The number of rotatable bonds is 5. The summed E-state index contributed by atoms with van der Waals surface area (Å²) in [5.41, 5.74) is 2.40. The Hall–Kier alpha value is -3.35. The number of nitrogens with zero attached hydrogens (tertiary/aromatic N) is 1. The molecule has 1 aliphatic rings. The van der Waals surface area contributed by atoms with E-state index in [0.717, 1.165) is 17.7 Å². The molecule has 7 heteroatoms. The number of carbonyl (C=O) groups is 1. The zero-order chi connectivity index (χ0) is 18.8. The highest BCUT2D eigenvalue weighted by atomic mass is 16.5. The van der Waals surface area contributed by atoms with Crippen LogP contribution in [0.1, 0.15) is 28.4 Å². The average molecular weight is 365 g/mol. The van der Waals surface area contributed by atoms with Gasteiger partial charge in [-0.1, -0.05) is 12.1 Å². The molecule has 0 unspecified atom stereocenters. The molecule has 0 saturated carbocycles. The topological polar surface area (TPSA) is 93.3 Å². The molecule has 0 radical (unpaired) electrons. The van der Waals surface area contributed by atoms with Gasteiger partial charge in [0, 0.05) is 25.2 Å². The van der Waals surface area contributed by atoms with Crippen molar-refractivity contribution in [3.8, 4) is 11.6 Å². The monoisotopic (exact) mass is 365 g/mol. The largest absolute Gasteiger partial charge is 0.493 e. The van der Waals surface area contributed by atoms with Crippen molar-refractivity contribution in [3.63, 3.8) is 0 Å². The van der Waals surface area contributed by atoms with Crippen molar-refractivity contribution in [1.29, 1.82) is 0 Å². The molecule has 0 spiro atoms. The van der Waals surface area contributed by atoms with Gasteiger partial charge in [0.15, 0.2) is 0 Å². The highest BCUT2D eigenvalue weighted by Crippen LogP contribution is 2.26. The number of H-pyrrole nitrogens is 1. The van der Waals surface area contributed by atoms with E-state index in [-0.39, 0.29) is 11.1 Å². The number of hydrogen-bond donors (Lipinski definition) is 2. The SMILES string of the molecule is CCOc1ccc2[nH]cc(C(=O)NCc3ccc4c(c3)OCC4)c(=O)c2n1. The van der Waals surface area contributed by atoms with Gasteiger partial charge in [-0.25, -0.2) is 4.98 Å². The first-order valence-electron chi connectivity index (χ1n) is 8.83. The van der Waals surface area contributed by atoms with Crippen molar-refractivity contribution in [1.82, 2.24) is 15.3 Å². The van der Waals surface area contributed by atoms with Crippen LogP contribution in [0.2, 0.25) is 0 Å². The number of fused-ring (bicyclic) bond motifs is 2. The molecule has 27 heavy (non-hydrogen) atoms. The third kappa shape index (κ3) is 3.36. The van der Waals surface area contributed by atoms with Crippen LogP contribution in [-0.4, -0.2) is 29.1 Å². The lowest BCUT2D eigenvalue weighted by atomic mass is 10.1. The van der Waals surface area contributed by atoms with Crippen LogP contribution in [0.25, 0.3) is 11.0 Å². The van der Waals surface area contributed by atoms with E-state index in [2.05, 4.69) is 15.3 Å². The quantitative estimate of drug-likeness (QED) is 0.723. The van der Waals surface area contributed by atoms with E-state index in [1.165, 1.54) is 11.8 Å². The molecule has 0 bridgehead atoms. The summed E-state index contributed by atoms with van der Waals surface area (Å²) in [6, 6.07) is 9.27. The number of aromatic amines is 1. The van der Waals surface area contributed by atoms with Crippen molar-refractivity contribution < 1.29 is 14.3 Å². The predicted octanol–water partition coefficient (Wildman–Crippen LogP) is 2.19. The Bertz CT molecular complexity index is 1070. The summed E-state index contributed by atoms with van der Waals surface area (Å²) in [5, 5.41) is 2.78. The van der Waals surface area contributed by atoms with Crippen LogP contribution in [0.4, 0.5) is 0 Å². The van der Waals surface area contributed by atoms with Crippen LogP contribution in [0, 0.1) is 0 Å². The standard InChI is InChI=1S/C20H19N3O4/c1-2-26-17-6-5-15-18(23-17)19(24)14(11-21-15)20(25)22-10-12-3-4-13-7-8-27-16(13)9-12/h3-6,9,11H,2,7-8,10H2,1H3,(H,21,24)(H,22,25). The highest BCUT2D eigenvalue weighted by molar-refractivity contribution is 5.96. The van der Waals surface area contributed by atoms with Crippen molar-refractivity contribution in [2.75, 3.05) is 13.2 Å². The Balaban J connectivity index is 1.55. The number of benzene rings is 1. The van der Waals surface area contributed by atoms with Gasteiger partial charge in [0.2, 0.25) is 11.3 Å². The fraction of sp³-hybridized carbons (Fsp3) is 0.250. The van der Waals surface area contributed by atoms with Gasteiger partial charge in [-0.05, 0) is 30.2 Å². The summed E-state index contributed by atoms with van der Waals surface area (Å²) < 4.78 is 10.9. The van der Waals surface area contributed by atoms with Gasteiger partial charge in [0.1, 0.15) is 16.8 Å². The Morgan fingerprint density at radius 2 is 2.22 bits per heavy atom. The normalized spacial score (nSPS) is 12.5. The van der Waals surface area contributed by atoms with E-state index in [4.69, 9.17) is 9.47 Å². The fourth-order valence-electron chi connectivity index (χ4n) is 3.07. The number of hydrogen-bond acceptors (Lipinski definition) is 5. The fourth-order valence-corrected chi connectivity index (χ4v) is 3.07. The Labute approximate surface area is 155 Å². The summed E-state index contributed by atoms with van der Waals surface area (Å²) in [6.45, 7) is 3.28. The second kappa shape index (κ2) is 7.11. The lowest BCUT2D eigenvalue weighted by Crippen LogP contribution is -2.28. The third-order valence-electron chi connectivity index (χ3n) is 4.45. The molecule has 1 aromatic carbocycles. The minimum atomic E-state index is -0.455. The number of pyridine rings is 2. The lowest BCUT2D eigenvalue weighted by Gasteiger charge is -2.08. The zero-order valence-electron chi connectivity index (χ0n) is 14.9. The van der Waals surface area contributed by atoms with Crippen LogP contribution < -0.4 is 20.2 Å². The molecule has 2 aromatic heterocycles. The molecule has 0 aliphatic carbocycles. The molecular formula is C20H19N3O4. The summed E-state index contributed by atoms with van der Waals surface area (Å²) in [7, 11) is 0. The Morgan fingerprint density at radius 3 is 3.07 bits per heavy atom. The molecule has 0 saturated heterocycles. The van der Waals surface area contributed by atoms with Gasteiger partial charge in [-0.2, -0.15) is 0 Å². The minimum Gasteiger partial charge on any atom is -0.493 e. The van der Waals surface area contributed by atoms with Gasteiger partial charge in [0.25, 0.3) is 5.91 Å². The van der Waals surface area contributed by atoms with Crippen molar-refractivity contribution in [3.05, 3.63) is 63.4 Å². The van der Waals surface area contributed by atoms with Crippen molar-refractivity contribution in [2.45, 2.75) is 19.9 Å². The molecule has 4 rings (SSSR count). The van der Waals surface area contributed by atoms with E-state index >= 15 is 0 Å². The Kier molecular flexibility index (Phi) is 4.50. The number of aromatic nitrogens is 2. The van der Waals surface area contributed by atoms with Gasteiger partial charge < -0.3 is 19.8 Å². The smallest absolute Gasteiger partial charge is 0.257 e. The van der Waals surface area contributed by atoms with E-state index in [0.29, 0.717) is 31.2 Å². The predicted molar refractivity (Wildman–Crippen MR) is 100 cm³/mol. The van der Waals surface area contributed by atoms with Gasteiger partial charge in [-0.3, -0.25) is 9.59 Å². The molecule has 1 aliphatic heterocycles. The summed E-state index contributed by atoms with van der Waals surface area (Å²) in [6.07, 6.45) is 2.32.